The Labute approximate surface area is 201 Å². The van der Waals surface area contributed by atoms with Crippen LogP contribution >= 0.6 is 11.6 Å². The van der Waals surface area contributed by atoms with Gasteiger partial charge in [-0.3, -0.25) is 9.59 Å². The van der Waals surface area contributed by atoms with Gasteiger partial charge in [-0.15, -0.1) is 0 Å². The van der Waals surface area contributed by atoms with E-state index in [-0.39, 0.29) is 16.8 Å². The molecule has 0 saturated heterocycles. The zero-order valence-corrected chi connectivity index (χ0v) is 20.0. The second-order valence-electron chi connectivity index (χ2n) is 7.71. The van der Waals surface area contributed by atoms with Crippen molar-refractivity contribution >= 4 is 43.9 Å². The lowest BCUT2D eigenvalue weighted by molar-refractivity contribution is -0.116. The third kappa shape index (κ3) is 4.69. The van der Waals surface area contributed by atoms with Crippen LogP contribution in [0.25, 0.3) is 10.9 Å². The highest BCUT2D eigenvalue weighted by Gasteiger charge is 2.24. The third-order valence-corrected chi connectivity index (χ3v) is 7.30. The topological polar surface area (TPSA) is 94.5 Å². The number of aryl methyl sites for hydroxylation is 1. The number of fused-ring (bicyclic) bond motifs is 1. The van der Waals surface area contributed by atoms with Crippen LogP contribution in [-0.2, 0) is 21.2 Å². The molecule has 0 atom stereocenters. The number of amides is 1. The largest absolute Gasteiger partial charge is 0.497 e. The van der Waals surface area contributed by atoms with Gasteiger partial charge in [0.15, 0.2) is 0 Å². The lowest BCUT2D eigenvalue weighted by Gasteiger charge is -2.15. The van der Waals surface area contributed by atoms with Crippen molar-refractivity contribution in [2.45, 2.75) is 23.3 Å². The zero-order valence-electron chi connectivity index (χ0n) is 18.4. The van der Waals surface area contributed by atoms with Gasteiger partial charge in [-0.2, -0.15) is 0 Å². The molecule has 7 nitrogen and oxygen atoms in total. The van der Waals surface area contributed by atoms with Gasteiger partial charge in [0.05, 0.1) is 22.9 Å². The fraction of sp³-hybridized carbons (Fsp3) is 0.120. The molecule has 0 saturated carbocycles. The molecule has 4 rings (SSSR count). The first-order valence-corrected chi connectivity index (χ1v) is 12.1. The number of sulfone groups is 1. The highest BCUT2D eigenvalue weighted by atomic mass is 35.5. The number of carbonyl (C=O) groups is 1. The summed E-state index contributed by atoms with van der Waals surface area (Å²) in [5, 5.41) is 3.32. The Bertz CT molecular complexity index is 1560. The van der Waals surface area contributed by atoms with Crippen molar-refractivity contribution in [3.05, 3.63) is 93.7 Å². The van der Waals surface area contributed by atoms with Gasteiger partial charge in [0.25, 0.3) is 0 Å². The molecule has 9 heteroatoms. The van der Waals surface area contributed by atoms with E-state index in [2.05, 4.69) is 5.32 Å². The van der Waals surface area contributed by atoms with E-state index in [1.807, 2.05) is 6.92 Å². The number of hydrogen-bond acceptors (Lipinski definition) is 5. The van der Waals surface area contributed by atoms with Gasteiger partial charge in [0.2, 0.25) is 21.2 Å². The zero-order chi connectivity index (χ0) is 24.5. The smallest absolute Gasteiger partial charge is 0.244 e. The number of nitrogens with one attached hydrogen (secondary N) is 1. The number of halogens is 1. The molecule has 0 unspecified atom stereocenters. The summed E-state index contributed by atoms with van der Waals surface area (Å²) in [6.07, 6.45) is 1.21. The van der Waals surface area contributed by atoms with Crippen LogP contribution in [0.15, 0.2) is 87.5 Å². The number of ether oxygens (including phenoxy) is 1. The van der Waals surface area contributed by atoms with E-state index >= 15 is 0 Å². The van der Waals surface area contributed by atoms with Gasteiger partial charge in [0.1, 0.15) is 17.2 Å². The molecule has 0 bridgehead atoms. The first kappa shape index (κ1) is 23.5. The summed E-state index contributed by atoms with van der Waals surface area (Å²) in [4.78, 5) is 25.6. The van der Waals surface area contributed by atoms with Crippen LogP contribution in [0.5, 0.6) is 5.75 Å². The van der Waals surface area contributed by atoms with E-state index in [0.717, 1.165) is 5.56 Å². The van der Waals surface area contributed by atoms with Gasteiger partial charge < -0.3 is 14.6 Å². The summed E-state index contributed by atoms with van der Waals surface area (Å²) >= 11 is 5.98. The van der Waals surface area contributed by atoms with Crippen molar-refractivity contribution in [2.75, 3.05) is 12.4 Å². The molecular formula is C25H21ClN2O5S. The number of benzene rings is 3. The van der Waals surface area contributed by atoms with E-state index in [4.69, 9.17) is 16.3 Å². The van der Waals surface area contributed by atoms with Crippen molar-refractivity contribution in [3.63, 3.8) is 0 Å². The molecule has 1 aromatic heterocycles. The summed E-state index contributed by atoms with van der Waals surface area (Å²) in [5.41, 5.74) is 1.12. The van der Waals surface area contributed by atoms with Gasteiger partial charge in [-0.1, -0.05) is 35.4 Å². The van der Waals surface area contributed by atoms with Gasteiger partial charge in [0, 0.05) is 16.9 Å². The summed E-state index contributed by atoms with van der Waals surface area (Å²) < 4.78 is 33.4. The minimum Gasteiger partial charge on any atom is -0.497 e. The number of methoxy groups -OCH3 is 1. The summed E-state index contributed by atoms with van der Waals surface area (Å²) in [6, 6.07) is 17.6. The molecule has 1 N–H and O–H groups in total. The minimum absolute atomic E-state index is 0.00706. The first-order chi connectivity index (χ1) is 16.2. The Morgan fingerprint density at radius 1 is 1.06 bits per heavy atom. The van der Waals surface area contributed by atoms with Crippen LogP contribution in [0.1, 0.15) is 5.56 Å². The van der Waals surface area contributed by atoms with E-state index in [1.165, 1.54) is 36.1 Å². The molecule has 0 radical (unpaired) electrons. The minimum atomic E-state index is -4.14. The van der Waals surface area contributed by atoms with Crippen molar-refractivity contribution in [2.24, 2.45) is 0 Å². The van der Waals surface area contributed by atoms with Crippen LogP contribution in [0, 0.1) is 6.92 Å². The number of rotatable bonds is 6. The molecule has 3 aromatic carbocycles. The number of hydrogen-bond donors (Lipinski definition) is 1. The molecule has 1 amide bonds. The van der Waals surface area contributed by atoms with Crippen molar-refractivity contribution in [3.8, 4) is 5.75 Å². The molecule has 174 valence electrons. The van der Waals surface area contributed by atoms with Crippen molar-refractivity contribution < 1.29 is 17.9 Å². The predicted octanol–water partition coefficient (Wildman–Crippen LogP) is 4.44. The third-order valence-electron chi connectivity index (χ3n) is 5.30. The normalized spacial score (nSPS) is 11.4. The Hall–Kier alpha value is -3.62. The monoisotopic (exact) mass is 496 g/mol. The van der Waals surface area contributed by atoms with E-state index in [1.54, 1.807) is 48.5 Å². The van der Waals surface area contributed by atoms with Crippen LogP contribution in [0.4, 0.5) is 5.69 Å². The van der Waals surface area contributed by atoms with Crippen LogP contribution < -0.4 is 15.5 Å². The number of carbonyl (C=O) groups excluding carboxylic acids is 1. The van der Waals surface area contributed by atoms with E-state index < -0.39 is 26.1 Å². The fourth-order valence-electron chi connectivity index (χ4n) is 3.56. The maximum Gasteiger partial charge on any atom is 0.244 e. The first-order valence-electron chi connectivity index (χ1n) is 10.3. The molecule has 4 aromatic rings. The maximum absolute atomic E-state index is 13.4. The van der Waals surface area contributed by atoms with E-state index in [0.29, 0.717) is 22.0 Å². The molecule has 0 aliphatic heterocycles. The Balaban J connectivity index is 1.84. The number of anilines is 1. The average Bonchev–Trinajstić information content (AvgIpc) is 2.80. The lowest BCUT2D eigenvalue weighted by Crippen LogP contribution is -2.24. The van der Waals surface area contributed by atoms with Gasteiger partial charge in [-0.25, -0.2) is 8.42 Å². The van der Waals surface area contributed by atoms with E-state index in [9.17, 15) is 18.0 Å². The van der Waals surface area contributed by atoms with Crippen LogP contribution in [0.2, 0.25) is 5.02 Å². The number of nitrogens with zero attached hydrogens (tertiary/aromatic N) is 1. The fourth-order valence-corrected chi connectivity index (χ4v) is 5.12. The summed E-state index contributed by atoms with van der Waals surface area (Å²) in [6.45, 7) is 1.61. The second kappa shape index (κ2) is 9.32. The van der Waals surface area contributed by atoms with Gasteiger partial charge >= 0.3 is 0 Å². The highest BCUT2D eigenvalue weighted by molar-refractivity contribution is 7.91. The predicted molar refractivity (Wildman–Crippen MR) is 131 cm³/mol. The average molecular weight is 497 g/mol. The molecule has 34 heavy (non-hydrogen) atoms. The molecule has 0 aliphatic rings. The molecule has 0 aliphatic carbocycles. The van der Waals surface area contributed by atoms with Gasteiger partial charge in [-0.05, 0) is 55.5 Å². The standard InChI is InChI=1S/C25H21ClN2O5S/c1-16-6-9-20(10-7-16)34(31,32)23-14-28(15-24(29)27-18-5-3-4-17(26)12-18)22-11-8-19(33-2)13-21(22)25(23)30/h3-14H,15H2,1-2H3,(H,27,29). The lowest BCUT2D eigenvalue weighted by atomic mass is 10.2. The highest BCUT2D eigenvalue weighted by Crippen LogP contribution is 2.24. The molecule has 0 spiro atoms. The number of aromatic nitrogens is 1. The van der Waals surface area contributed by atoms with Crippen LogP contribution in [0.3, 0.4) is 0 Å². The van der Waals surface area contributed by atoms with Crippen molar-refractivity contribution in [1.29, 1.82) is 0 Å². The second-order valence-corrected chi connectivity index (χ2v) is 10.1. The van der Waals surface area contributed by atoms with Crippen LogP contribution in [-0.4, -0.2) is 26.0 Å². The molecular weight excluding hydrogens is 476 g/mol. The Morgan fingerprint density at radius 3 is 2.47 bits per heavy atom. The molecule has 1 heterocycles. The van der Waals surface area contributed by atoms with Crippen molar-refractivity contribution in [1.82, 2.24) is 4.57 Å². The number of pyridine rings is 1. The summed E-state index contributed by atoms with van der Waals surface area (Å²) in [7, 11) is -2.69. The molecule has 0 fully saturated rings. The SMILES string of the molecule is COc1ccc2c(c1)c(=O)c(S(=O)(=O)c1ccc(C)cc1)cn2CC(=O)Nc1cccc(Cl)c1. The summed E-state index contributed by atoms with van der Waals surface area (Å²) in [5.74, 6) is -0.0221. The maximum atomic E-state index is 13.4. The Morgan fingerprint density at radius 2 is 1.79 bits per heavy atom. The quantitative estimate of drug-likeness (QED) is 0.426. The Kier molecular flexibility index (Phi) is 6.45.